The second-order valence-electron chi connectivity index (χ2n) is 1.91. The molecule has 62 valence electrons. The molecular weight excluding hydrogens is 162 g/mol. The van der Waals surface area contributed by atoms with Gasteiger partial charge in [0, 0.05) is 7.05 Å². The third kappa shape index (κ3) is 1.54. The molecule has 3 N–H and O–H groups in total. The summed E-state index contributed by atoms with van der Waals surface area (Å²) < 4.78 is 9.20. The lowest BCUT2D eigenvalue weighted by Crippen LogP contribution is -1.97. The summed E-state index contributed by atoms with van der Waals surface area (Å²) in [6.45, 7) is 2.52. The van der Waals surface area contributed by atoms with Crippen molar-refractivity contribution >= 4 is 22.4 Å². The van der Waals surface area contributed by atoms with Crippen LogP contribution in [0.4, 0.5) is 10.8 Å². The van der Waals surface area contributed by atoms with E-state index in [0.717, 1.165) is 5.00 Å². The van der Waals surface area contributed by atoms with Crippen LogP contribution in [0.25, 0.3) is 0 Å². The van der Waals surface area contributed by atoms with Crippen molar-refractivity contribution in [2.75, 3.05) is 24.7 Å². The van der Waals surface area contributed by atoms with Gasteiger partial charge in [0.05, 0.1) is 6.61 Å². The van der Waals surface area contributed by atoms with Crippen LogP contribution in [0.3, 0.4) is 0 Å². The van der Waals surface area contributed by atoms with E-state index in [9.17, 15) is 0 Å². The van der Waals surface area contributed by atoms with E-state index in [0.29, 0.717) is 18.2 Å². The van der Waals surface area contributed by atoms with Gasteiger partial charge in [-0.3, -0.25) is 0 Å². The molecule has 0 aromatic carbocycles. The van der Waals surface area contributed by atoms with Gasteiger partial charge in [0.1, 0.15) is 0 Å². The highest BCUT2D eigenvalue weighted by Crippen LogP contribution is 2.34. The highest BCUT2D eigenvalue weighted by atomic mass is 32.1. The summed E-state index contributed by atoms with van der Waals surface area (Å²) >= 11 is 1.30. The molecule has 0 saturated carbocycles. The lowest BCUT2D eigenvalue weighted by molar-refractivity contribution is 0.344. The summed E-state index contributed by atoms with van der Waals surface area (Å²) in [6.07, 6.45) is 0. The summed E-state index contributed by atoms with van der Waals surface area (Å²) in [5, 5.41) is 3.83. The van der Waals surface area contributed by atoms with Crippen LogP contribution < -0.4 is 15.8 Å². The Labute approximate surface area is 69.5 Å². The van der Waals surface area contributed by atoms with Crippen molar-refractivity contribution in [1.29, 1.82) is 0 Å². The number of nitrogen functional groups attached to an aromatic ring is 1. The van der Waals surface area contributed by atoms with Crippen LogP contribution in [0.2, 0.25) is 0 Å². The zero-order valence-corrected chi connectivity index (χ0v) is 7.36. The Hall–Kier alpha value is -0.970. The molecule has 0 unspecified atom stereocenters. The molecule has 0 atom stereocenters. The maximum atomic E-state index is 5.54. The van der Waals surface area contributed by atoms with E-state index in [1.807, 2.05) is 14.0 Å². The Balaban J connectivity index is 2.88. The molecule has 0 fully saturated rings. The molecule has 0 aliphatic carbocycles. The van der Waals surface area contributed by atoms with Gasteiger partial charge in [-0.05, 0) is 18.5 Å². The number of hydrogen-bond donors (Lipinski definition) is 2. The standard InChI is InChI=1S/C6H11N3OS/c1-3-10-4-5(7)9-11-6(4)8-2/h8H,3H2,1-2H3,(H2,7,9). The van der Waals surface area contributed by atoms with Crippen LogP contribution in [0.5, 0.6) is 5.75 Å². The van der Waals surface area contributed by atoms with Gasteiger partial charge in [-0.1, -0.05) is 0 Å². The van der Waals surface area contributed by atoms with Crippen molar-refractivity contribution in [2.24, 2.45) is 0 Å². The van der Waals surface area contributed by atoms with Crippen LogP contribution in [-0.4, -0.2) is 18.0 Å². The Morgan fingerprint density at radius 3 is 3.00 bits per heavy atom. The third-order valence-corrected chi connectivity index (χ3v) is 2.05. The van der Waals surface area contributed by atoms with Gasteiger partial charge in [-0.15, -0.1) is 0 Å². The quantitative estimate of drug-likeness (QED) is 0.720. The van der Waals surface area contributed by atoms with E-state index in [2.05, 4.69) is 9.69 Å². The molecule has 5 heteroatoms. The number of anilines is 2. The van der Waals surface area contributed by atoms with Crippen molar-refractivity contribution < 1.29 is 4.74 Å². The van der Waals surface area contributed by atoms with E-state index in [1.54, 1.807) is 0 Å². The summed E-state index contributed by atoms with van der Waals surface area (Å²) in [5.41, 5.74) is 5.54. The number of aromatic nitrogens is 1. The first-order valence-corrected chi connectivity index (χ1v) is 4.12. The Morgan fingerprint density at radius 1 is 1.73 bits per heavy atom. The smallest absolute Gasteiger partial charge is 0.197 e. The molecule has 0 bridgehead atoms. The van der Waals surface area contributed by atoms with Gasteiger partial charge in [0.15, 0.2) is 16.6 Å². The normalized spacial score (nSPS) is 9.64. The number of ether oxygens (including phenoxy) is 1. The van der Waals surface area contributed by atoms with Crippen LogP contribution >= 0.6 is 11.5 Å². The van der Waals surface area contributed by atoms with Crippen LogP contribution in [-0.2, 0) is 0 Å². The summed E-state index contributed by atoms with van der Waals surface area (Å²) in [5.74, 6) is 1.13. The molecule has 0 aliphatic rings. The lowest BCUT2D eigenvalue weighted by atomic mass is 10.5. The van der Waals surface area contributed by atoms with Crippen molar-refractivity contribution in [3.63, 3.8) is 0 Å². The highest BCUT2D eigenvalue weighted by Gasteiger charge is 2.09. The SMILES string of the molecule is CCOc1c(N)nsc1NC. The van der Waals surface area contributed by atoms with Crippen molar-refractivity contribution in [3.05, 3.63) is 0 Å². The Kier molecular flexibility index (Phi) is 2.53. The summed E-state index contributed by atoms with van der Waals surface area (Å²) in [4.78, 5) is 0. The maximum absolute atomic E-state index is 5.54. The van der Waals surface area contributed by atoms with Gasteiger partial charge in [0.25, 0.3) is 0 Å². The fourth-order valence-corrected chi connectivity index (χ4v) is 1.35. The second kappa shape index (κ2) is 3.43. The average molecular weight is 173 g/mol. The molecule has 0 saturated heterocycles. The number of nitrogens with one attached hydrogen (secondary N) is 1. The monoisotopic (exact) mass is 173 g/mol. The Morgan fingerprint density at radius 2 is 2.45 bits per heavy atom. The fourth-order valence-electron chi connectivity index (χ4n) is 0.737. The van der Waals surface area contributed by atoms with E-state index >= 15 is 0 Å². The number of nitrogens with zero attached hydrogens (tertiary/aromatic N) is 1. The van der Waals surface area contributed by atoms with E-state index in [-0.39, 0.29) is 0 Å². The predicted octanol–water partition coefficient (Wildman–Crippen LogP) is 1.17. The first-order chi connectivity index (χ1) is 5.29. The predicted molar refractivity (Wildman–Crippen MR) is 47.2 cm³/mol. The lowest BCUT2D eigenvalue weighted by Gasteiger charge is -2.02. The molecule has 4 nitrogen and oxygen atoms in total. The highest BCUT2D eigenvalue weighted by molar-refractivity contribution is 7.11. The van der Waals surface area contributed by atoms with E-state index in [4.69, 9.17) is 10.5 Å². The molecule has 1 aromatic rings. The number of nitrogens with two attached hydrogens (primary N) is 1. The topological polar surface area (TPSA) is 60.2 Å². The molecule has 0 radical (unpaired) electrons. The van der Waals surface area contributed by atoms with Crippen LogP contribution in [0.1, 0.15) is 6.92 Å². The van der Waals surface area contributed by atoms with Crippen molar-refractivity contribution in [1.82, 2.24) is 4.37 Å². The molecule has 0 amide bonds. The van der Waals surface area contributed by atoms with Crippen molar-refractivity contribution in [2.45, 2.75) is 6.92 Å². The number of rotatable bonds is 3. The zero-order valence-electron chi connectivity index (χ0n) is 6.55. The summed E-state index contributed by atoms with van der Waals surface area (Å²) in [6, 6.07) is 0. The summed E-state index contributed by atoms with van der Waals surface area (Å²) in [7, 11) is 1.81. The van der Waals surface area contributed by atoms with E-state index < -0.39 is 0 Å². The van der Waals surface area contributed by atoms with Gasteiger partial charge in [0.2, 0.25) is 0 Å². The van der Waals surface area contributed by atoms with Gasteiger partial charge in [-0.25, -0.2) is 0 Å². The minimum Gasteiger partial charge on any atom is -0.487 e. The average Bonchev–Trinajstić information content (AvgIpc) is 2.34. The van der Waals surface area contributed by atoms with E-state index in [1.165, 1.54) is 11.5 Å². The molecular formula is C6H11N3OS. The van der Waals surface area contributed by atoms with Gasteiger partial charge >= 0.3 is 0 Å². The zero-order chi connectivity index (χ0) is 8.27. The molecule has 0 aliphatic heterocycles. The number of hydrogen-bond acceptors (Lipinski definition) is 5. The Bertz CT molecular complexity index is 236. The van der Waals surface area contributed by atoms with Crippen LogP contribution in [0, 0.1) is 0 Å². The third-order valence-electron chi connectivity index (χ3n) is 1.19. The first kappa shape index (κ1) is 8.13. The second-order valence-corrected chi connectivity index (χ2v) is 2.68. The van der Waals surface area contributed by atoms with Gasteiger partial charge < -0.3 is 15.8 Å². The van der Waals surface area contributed by atoms with Crippen molar-refractivity contribution in [3.8, 4) is 5.75 Å². The molecule has 1 heterocycles. The maximum Gasteiger partial charge on any atom is 0.197 e. The van der Waals surface area contributed by atoms with Crippen LogP contribution in [0.15, 0.2) is 0 Å². The minimum absolute atomic E-state index is 0.459. The molecule has 1 aromatic heterocycles. The molecule has 0 spiro atoms. The largest absolute Gasteiger partial charge is 0.487 e. The van der Waals surface area contributed by atoms with Gasteiger partial charge in [-0.2, -0.15) is 4.37 Å². The fraction of sp³-hybridized carbons (Fsp3) is 0.500. The molecule has 11 heavy (non-hydrogen) atoms. The first-order valence-electron chi connectivity index (χ1n) is 3.35. The minimum atomic E-state index is 0.459. The molecule has 1 rings (SSSR count).